The monoisotopic (exact) mass is 460 g/mol. The zero-order valence-corrected chi connectivity index (χ0v) is 19.3. The van der Waals surface area contributed by atoms with Gasteiger partial charge in [0.15, 0.2) is 11.5 Å². The number of methoxy groups -OCH3 is 2. The lowest BCUT2D eigenvalue weighted by Gasteiger charge is -2.33. The number of hydrogen-bond acceptors (Lipinski definition) is 7. The molecule has 0 atom stereocenters. The fourth-order valence-electron chi connectivity index (χ4n) is 3.41. The second-order valence-corrected chi connectivity index (χ2v) is 9.31. The van der Waals surface area contributed by atoms with Crippen LogP contribution in [-0.4, -0.2) is 76.7 Å². The molecule has 1 aliphatic heterocycles. The first-order chi connectivity index (χ1) is 15.3. The molecule has 0 aromatic heterocycles. The topological polar surface area (TPSA) is 101 Å². The molecule has 1 saturated heterocycles. The number of nitrogens with zero attached hydrogens (tertiary/aromatic N) is 3. The van der Waals surface area contributed by atoms with E-state index in [1.807, 2.05) is 11.8 Å². The van der Waals surface area contributed by atoms with Gasteiger partial charge in [0.2, 0.25) is 10.0 Å². The Morgan fingerprint density at radius 2 is 1.75 bits per heavy atom. The van der Waals surface area contributed by atoms with Crippen molar-refractivity contribution < 1.29 is 22.7 Å². The van der Waals surface area contributed by atoms with Crippen molar-refractivity contribution >= 4 is 22.1 Å². The standard InChI is InChI=1S/C22H28N4O5S/c1-17-7-9-19(10-8-17)32(28,29)26-13-11-25(12-14-26)16-21(27)24-23-15-18-5-4-6-20(30-2)22(18)31-3/h4-10,15H,11-14,16H2,1-3H3,(H,24,27)/b23-15+. The zero-order valence-electron chi connectivity index (χ0n) is 18.4. The summed E-state index contributed by atoms with van der Waals surface area (Å²) in [5.74, 6) is 0.818. The SMILES string of the molecule is COc1cccc(/C=N/NC(=O)CN2CCN(S(=O)(=O)c3ccc(C)cc3)CC2)c1OC. The molecule has 0 spiro atoms. The van der Waals surface area contributed by atoms with Gasteiger partial charge < -0.3 is 9.47 Å². The largest absolute Gasteiger partial charge is 0.493 e. The molecule has 0 radical (unpaired) electrons. The van der Waals surface area contributed by atoms with E-state index in [0.717, 1.165) is 5.56 Å². The van der Waals surface area contributed by atoms with Crippen LogP contribution in [0.3, 0.4) is 0 Å². The minimum Gasteiger partial charge on any atom is -0.493 e. The molecule has 2 aromatic rings. The second-order valence-electron chi connectivity index (χ2n) is 7.37. The first-order valence-corrected chi connectivity index (χ1v) is 11.6. The van der Waals surface area contributed by atoms with E-state index in [2.05, 4.69) is 10.5 Å². The van der Waals surface area contributed by atoms with Gasteiger partial charge in [-0.2, -0.15) is 9.41 Å². The number of piperazine rings is 1. The van der Waals surface area contributed by atoms with E-state index in [9.17, 15) is 13.2 Å². The summed E-state index contributed by atoms with van der Waals surface area (Å²) in [6.45, 7) is 3.63. The van der Waals surface area contributed by atoms with Crippen LogP contribution in [-0.2, 0) is 14.8 Å². The molecule has 172 valence electrons. The maximum absolute atomic E-state index is 12.8. The van der Waals surface area contributed by atoms with Gasteiger partial charge in [0.1, 0.15) is 0 Å². The highest BCUT2D eigenvalue weighted by molar-refractivity contribution is 7.89. The molecular formula is C22H28N4O5S. The summed E-state index contributed by atoms with van der Waals surface area (Å²) in [5.41, 5.74) is 4.18. The van der Waals surface area contributed by atoms with E-state index >= 15 is 0 Å². The molecule has 0 bridgehead atoms. The third-order valence-corrected chi connectivity index (χ3v) is 7.10. The van der Waals surface area contributed by atoms with Crippen molar-refractivity contribution in [1.29, 1.82) is 0 Å². The number of aryl methyl sites for hydroxylation is 1. The van der Waals surface area contributed by atoms with Crippen LogP contribution in [0, 0.1) is 6.92 Å². The van der Waals surface area contributed by atoms with Crippen molar-refractivity contribution in [2.75, 3.05) is 46.9 Å². The summed E-state index contributed by atoms with van der Waals surface area (Å²) < 4.78 is 37.6. The van der Waals surface area contributed by atoms with Gasteiger partial charge in [0, 0.05) is 31.7 Å². The highest BCUT2D eigenvalue weighted by atomic mass is 32.2. The molecule has 1 amide bonds. The number of amides is 1. The number of carbonyl (C=O) groups excluding carboxylic acids is 1. The number of para-hydroxylation sites is 1. The Labute approximate surface area is 188 Å². The smallest absolute Gasteiger partial charge is 0.254 e. The maximum Gasteiger partial charge on any atom is 0.254 e. The molecule has 1 heterocycles. The Balaban J connectivity index is 1.51. The van der Waals surface area contributed by atoms with Gasteiger partial charge in [-0.05, 0) is 31.2 Å². The van der Waals surface area contributed by atoms with Gasteiger partial charge >= 0.3 is 0 Å². The number of hydrazone groups is 1. The summed E-state index contributed by atoms with van der Waals surface area (Å²) in [6, 6.07) is 12.2. The molecule has 10 heteroatoms. The Morgan fingerprint density at radius 3 is 2.38 bits per heavy atom. The molecule has 3 rings (SSSR count). The molecule has 0 aliphatic carbocycles. The van der Waals surface area contributed by atoms with Crippen molar-refractivity contribution in [1.82, 2.24) is 14.6 Å². The van der Waals surface area contributed by atoms with Crippen LogP contribution in [0.15, 0.2) is 52.5 Å². The number of carbonyl (C=O) groups is 1. The minimum absolute atomic E-state index is 0.130. The average molecular weight is 461 g/mol. The van der Waals surface area contributed by atoms with E-state index in [1.54, 1.807) is 49.6 Å². The normalized spacial score (nSPS) is 15.6. The first-order valence-electron chi connectivity index (χ1n) is 10.2. The van der Waals surface area contributed by atoms with Crippen LogP contribution < -0.4 is 14.9 Å². The number of hydrogen-bond donors (Lipinski definition) is 1. The highest BCUT2D eigenvalue weighted by Gasteiger charge is 2.28. The average Bonchev–Trinajstić information content (AvgIpc) is 2.79. The third-order valence-electron chi connectivity index (χ3n) is 5.18. The number of rotatable bonds is 8. The van der Waals surface area contributed by atoms with Crippen LogP contribution >= 0.6 is 0 Å². The van der Waals surface area contributed by atoms with Crippen LogP contribution in [0.4, 0.5) is 0 Å². The maximum atomic E-state index is 12.8. The van der Waals surface area contributed by atoms with Crippen molar-refractivity contribution in [3.05, 3.63) is 53.6 Å². The Morgan fingerprint density at radius 1 is 1.06 bits per heavy atom. The van der Waals surface area contributed by atoms with Crippen molar-refractivity contribution in [3.63, 3.8) is 0 Å². The molecule has 2 aromatic carbocycles. The van der Waals surface area contributed by atoms with E-state index in [-0.39, 0.29) is 17.3 Å². The second kappa shape index (κ2) is 10.6. The number of ether oxygens (including phenoxy) is 2. The van der Waals surface area contributed by atoms with Gasteiger partial charge in [0.25, 0.3) is 5.91 Å². The van der Waals surface area contributed by atoms with E-state index < -0.39 is 10.0 Å². The first kappa shape index (κ1) is 23.7. The van der Waals surface area contributed by atoms with Gasteiger partial charge in [-0.15, -0.1) is 0 Å². The van der Waals surface area contributed by atoms with E-state index in [4.69, 9.17) is 9.47 Å². The van der Waals surface area contributed by atoms with Gasteiger partial charge in [-0.1, -0.05) is 23.8 Å². The number of benzene rings is 2. The Bertz CT molecular complexity index is 1060. The molecule has 1 aliphatic rings. The predicted octanol–water partition coefficient (Wildman–Crippen LogP) is 1.47. The zero-order chi connectivity index (χ0) is 23.1. The lowest BCUT2D eigenvalue weighted by Crippen LogP contribution is -2.50. The van der Waals surface area contributed by atoms with Crippen LogP contribution in [0.2, 0.25) is 0 Å². The van der Waals surface area contributed by atoms with Gasteiger partial charge in [-0.25, -0.2) is 13.8 Å². The van der Waals surface area contributed by atoms with Crippen LogP contribution in [0.5, 0.6) is 11.5 Å². The van der Waals surface area contributed by atoms with Crippen molar-refractivity contribution in [3.8, 4) is 11.5 Å². The minimum atomic E-state index is -3.53. The molecule has 0 saturated carbocycles. The van der Waals surface area contributed by atoms with Crippen LogP contribution in [0.25, 0.3) is 0 Å². The van der Waals surface area contributed by atoms with Gasteiger partial charge in [-0.3, -0.25) is 9.69 Å². The predicted molar refractivity (Wildman–Crippen MR) is 122 cm³/mol. The lowest BCUT2D eigenvalue weighted by atomic mass is 10.2. The number of nitrogens with one attached hydrogen (secondary N) is 1. The molecule has 1 fully saturated rings. The summed E-state index contributed by atoms with van der Waals surface area (Å²) in [4.78, 5) is 14.4. The lowest BCUT2D eigenvalue weighted by molar-refractivity contribution is -0.122. The number of sulfonamides is 1. The van der Waals surface area contributed by atoms with E-state index in [1.165, 1.54) is 17.6 Å². The Hall–Kier alpha value is -2.95. The summed E-state index contributed by atoms with van der Waals surface area (Å²) in [5, 5.41) is 4.00. The third kappa shape index (κ3) is 5.64. The van der Waals surface area contributed by atoms with E-state index in [0.29, 0.717) is 43.2 Å². The summed E-state index contributed by atoms with van der Waals surface area (Å²) >= 11 is 0. The molecule has 32 heavy (non-hydrogen) atoms. The molecule has 1 N–H and O–H groups in total. The van der Waals surface area contributed by atoms with Crippen molar-refractivity contribution in [2.45, 2.75) is 11.8 Å². The highest BCUT2D eigenvalue weighted by Crippen LogP contribution is 2.29. The summed E-state index contributed by atoms with van der Waals surface area (Å²) in [6.07, 6.45) is 1.49. The fraction of sp³-hybridized carbons (Fsp3) is 0.364. The van der Waals surface area contributed by atoms with Gasteiger partial charge in [0.05, 0.1) is 31.9 Å². The van der Waals surface area contributed by atoms with Crippen LogP contribution in [0.1, 0.15) is 11.1 Å². The Kier molecular flexibility index (Phi) is 7.84. The van der Waals surface area contributed by atoms with Crippen molar-refractivity contribution in [2.24, 2.45) is 5.10 Å². The molecular weight excluding hydrogens is 432 g/mol. The fourth-order valence-corrected chi connectivity index (χ4v) is 4.84. The molecule has 0 unspecified atom stereocenters. The molecule has 9 nitrogen and oxygen atoms in total. The quantitative estimate of drug-likeness (QED) is 0.473. The summed E-state index contributed by atoms with van der Waals surface area (Å²) in [7, 11) is -0.445.